The number of thioether (sulfide) groups is 1. The van der Waals surface area contributed by atoms with Crippen molar-refractivity contribution < 1.29 is 38.0 Å². The number of nitrogens with zero attached hydrogens (tertiary/aromatic N) is 4. The molecule has 2 aromatic heterocycles. The minimum atomic E-state index is -3.66. The molecule has 12 nitrogen and oxygen atoms in total. The Hall–Kier alpha value is -4.10. The van der Waals surface area contributed by atoms with Crippen molar-refractivity contribution in [2.24, 2.45) is 11.0 Å². The molecule has 0 radical (unpaired) electrons. The molecule has 2 aliphatic rings. The maximum Gasteiger partial charge on any atom is 0.453 e. The van der Waals surface area contributed by atoms with E-state index in [9.17, 15) is 28.9 Å². The molecule has 3 aromatic rings. The maximum atomic E-state index is 13.6. The van der Waals surface area contributed by atoms with Crippen LogP contribution in [0.25, 0.3) is 22.6 Å². The molecule has 1 aliphatic heterocycles. The molecular weight excluding hydrogens is 562 g/mol. The Morgan fingerprint density at radius 3 is 2.59 bits per heavy atom. The van der Waals surface area contributed by atoms with Crippen LogP contribution >= 0.6 is 11.8 Å². The second-order valence-electron chi connectivity index (χ2n) is 8.53. The third-order valence-electron chi connectivity index (χ3n) is 5.42. The number of carbonyl (C=O) groups is 1. The first-order chi connectivity index (χ1) is 19.6. The van der Waals surface area contributed by atoms with Crippen LogP contribution < -0.4 is 15.5 Å². The molecule has 216 valence electrons. The average Bonchev–Trinajstić information content (AvgIpc) is 3.50. The number of nitrogens with one attached hydrogen (secondary N) is 2. The van der Waals surface area contributed by atoms with Gasteiger partial charge in [-0.3, -0.25) is 20.5 Å². The quantitative estimate of drug-likeness (QED) is 0.211. The lowest BCUT2D eigenvalue weighted by Crippen LogP contribution is -2.35. The van der Waals surface area contributed by atoms with Crippen molar-refractivity contribution >= 4 is 22.8 Å². The normalized spacial score (nSPS) is 16.1. The van der Waals surface area contributed by atoms with Gasteiger partial charge in [-0.1, -0.05) is 25.7 Å². The largest absolute Gasteiger partial charge is 0.453 e. The Labute approximate surface area is 237 Å². The van der Waals surface area contributed by atoms with E-state index in [-0.39, 0.29) is 39.0 Å². The summed E-state index contributed by atoms with van der Waals surface area (Å²) in [6, 6.07) is 5.17. The molecule has 0 bridgehead atoms. The van der Waals surface area contributed by atoms with Gasteiger partial charge in [0.1, 0.15) is 5.69 Å². The van der Waals surface area contributed by atoms with Gasteiger partial charge in [-0.05, 0) is 54.4 Å². The topological polar surface area (TPSA) is 175 Å². The minimum Gasteiger partial charge on any atom is -0.421 e. The monoisotopic (exact) mass is 588 g/mol. The number of hydrogen-bond donors (Lipinski definition) is 5. The van der Waals surface area contributed by atoms with E-state index in [1.807, 2.05) is 13.8 Å². The fourth-order valence-corrected chi connectivity index (χ4v) is 4.23. The number of halogens is 2. The van der Waals surface area contributed by atoms with Crippen molar-refractivity contribution in [3.05, 3.63) is 47.6 Å². The van der Waals surface area contributed by atoms with Crippen LogP contribution in [0.1, 0.15) is 55.1 Å². The Morgan fingerprint density at radius 2 is 1.95 bits per heavy atom. The van der Waals surface area contributed by atoms with E-state index in [0.717, 1.165) is 25.1 Å². The summed E-state index contributed by atoms with van der Waals surface area (Å²) in [6.07, 6.45) is -3.78. The van der Waals surface area contributed by atoms with Gasteiger partial charge in [0.05, 0.1) is 6.20 Å². The number of carbonyl (C=O) groups excluding carboxylic acids is 1. The van der Waals surface area contributed by atoms with Gasteiger partial charge >= 0.3 is 6.16 Å². The van der Waals surface area contributed by atoms with Gasteiger partial charge in [-0.2, -0.15) is 5.10 Å². The molecular formula is C26H26F2N6O6S. The van der Waals surface area contributed by atoms with E-state index in [1.165, 1.54) is 30.0 Å². The maximum absolute atomic E-state index is 13.6. The van der Waals surface area contributed by atoms with E-state index in [4.69, 9.17) is 9.15 Å². The Bertz CT molecular complexity index is 1510. The summed E-state index contributed by atoms with van der Waals surface area (Å²) in [6.45, 7) is 5.57. The van der Waals surface area contributed by atoms with Crippen LogP contribution in [0.15, 0.2) is 40.0 Å². The molecule has 0 spiro atoms. The summed E-state index contributed by atoms with van der Waals surface area (Å²) in [4.78, 5) is 16.9. The summed E-state index contributed by atoms with van der Waals surface area (Å²) < 4.78 is 37.3. The molecule has 1 unspecified atom stereocenters. The molecule has 1 aromatic carbocycles. The fourth-order valence-electron chi connectivity index (χ4n) is 3.52. The van der Waals surface area contributed by atoms with Gasteiger partial charge in [0.2, 0.25) is 11.8 Å². The molecule has 1 atom stereocenters. The summed E-state index contributed by atoms with van der Waals surface area (Å²) in [5, 5.41) is 42.5. The number of hydrogen-bond acceptors (Lipinski definition) is 12. The van der Waals surface area contributed by atoms with E-state index in [1.54, 1.807) is 6.92 Å². The number of amides is 1. The predicted octanol–water partition coefficient (Wildman–Crippen LogP) is 3.11. The van der Waals surface area contributed by atoms with Crippen LogP contribution in [0, 0.1) is 24.7 Å². The number of rotatable bonds is 6. The molecule has 5 rings (SSSR count). The van der Waals surface area contributed by atoms with Gasteiger partial charge in [0.15, 0.2) is 16.3 Å². The van der Waals surface area contributed by atoms with Crippen LogP contribution in [0.5, 0.6) is 5.75 Å². The number of alkyl halides is 2. The second kappa shape index (κ2) is 12.6. The number of benzene rings is 1. The second-order valence-corrected chi connectivity index (χ2v) is 9.62. The number of aromatic nitrogens is 3. The Balaban J connectivity index is 0.00000189. The average molecular weight is 589 g/mol. The molecule has 15 heteroatoms. The number of hydrazone groups is 1. The zero-order valence-corrected chi connectivity index (χ0v) is 22.9. The summed E-state index contributed by atoms with van der Waals surface area (Å²) in [5.41, 5.74) is 2.18. The van der Waals surface area contributed by atoms with Crippen molar-refractivity contribution in [3.63, 3.8) is 0 Å². The molecule has 1 saturated carbocycles. The smallest absolute Gasteiger partial charge is 0.421 e. The molecule has 3 heterocycles. The van der Waals surface area contributed by atoms with Crippen LogP contribution in [0.4, 0.5) is 8.78 Å². The number of aliphatic hydroxyl groups is 3. The fraction of sp³-hybridized carbons (Fsp3) is 0.346. The molecule has 0 saturated heterocycles. The van der Waals surface area contributed by atoms with Gasteiger partial charge in [-0.25, -0.2) is 8.78 Å². The van der Waals surface area contributed by atoms with Gasteiger partial charge in [-0.15, -0.1) is 10.2 Å². The number of aryl methyl sites for hydroxylation is 1. The third kappa shape index (κ3) is 7.76. The van der Waals surface area contributed by atoms with E-state index in [2.05, 4.69) is 42.9 Å². The van der Waals surface area contributed by atoms with Crippen LogP contribution in [-0.2, 0) is 0 Å². The zero-order valence-electron chi connectivity index (χ0n) is 22.1. The number of amidine groups is 1. The summed E-state index contributed by atoms with van der Waals surface area (Å²) in [7, 11) is 0. The zero-order chi connectivity index (χ0) is 29.7. The summed E-state index contributed by atoms with van der Waals surface area (Å²) >= 11 is 1.19. The highest BCUT2D eigenvalue weighted by Gasteiger charge is 2.28. The lowest BCUT2D eigenvalue weighted by molar-refractivity contribution is -0.419. The first kappa shape index (κ1) is 29.9. The predicted molar refractivity (Wildman–Crippen MR) is 144 cm³/mol. The van der Waals surface area contributed by atoms with Crippen molar-refractivity contribution in [1.29, 1.82) is 0 Å². The van der Waals surface area contributed by atoms with Crippen molar-refractivity contribution in [2.75, 3.05) is 0 Å². The standard InChI is InChI=1S/C24H20F2N6O6S.C2H6/c1-11-29-31-22(37-11)13-5-6-14(21(33)28-23-32-30-19(39-23)7-4-12-2-3-12)15(8-13)16-9-17(20(25)26)27-10-18(16)38-24(34,35)36;1-2/h5-6,8-10,12,19-20,30,34-36H,2-3H2,1H3,(H,28,32,33);1-2H3. The third-order valence-corrected chi connectivity index (χ3v) is 6.29. The minimum absolute atomic E-state index is 0.00830. The summed E-state index contributed by atoms with van der Waals surface area (Å²) in [5.74, 6) is 5.70. The van der Waals surface area contributed by atoms with E-state index < -0.39 is 29.9 Å². The van der Waals surface area contributed by atoms with Crippen LogP contribution in [-0.4, -0.2) is 53.1 Å². The van der Waals surface area contributed by atoms with Crippen molar-refractivity contribution in [3.8, 4) is 40.2 Å². The molecule has 1 amide bonds. The SMILES string of the molecule is CC.Cc1nnc(-c2ccc(C(=O)NC3=NNC(C#CC4CC4)S3)c(-c3cc(C(F)F)ncc3OC(O)(O)O)c2)o1. The van der Waals surface area contributed by atoms with Gasteiger partial charge < -0.3 is 24.5 Å². The first-order valence-electron chi connectivity index (χ1n) is 12.5. The first-order valence-corrected chi connectivity index (χ1v) is 13.3. The lowest BCUT2D eigenvalue weighted by atomic mass is 9.96. The molecule has 41 heavy (non-hydrogen) atoms. The number of ether oxygens (including phenoxy) is 1. The highest BCUT2D eigenvalue weighted by Crippen LogP contribution is 2.38. The molecule has 1 fully saturated rings. The highest BCUT2D eigenvalue weighted by atomic mass is 32.2. The highest BCUT2D eigenvalue weighted by molar-refractivity contribution is 8.14. The van der Waals surface area contributed by atoms with Gasteiger partial charge in [0, 0.05) is 29.5 Å². The molecule has 1 aliphatic carbocycles. The van der Waals surface area contributed by atoms with E-state index >= 15 is 0 Å². The van der Waals surface area contributed by atoms with Gasteiger partial charge in [0.25, 0.3) is 12.3 Å². The van der Waals surface area contributed by atoms with E-state index in [0.29, 0.717) is 11.5 Å². The lowest BCUT2D eigenvalue weighted by Gasteiger charge is -2.20. The van der Waals surface area contributed by atoms with Crippen LogP contribution in [0.3, 0.4) is 0 Å². The van der Waals surface area contributed by atoms with Crippen molar-refractivity contribution in [2.45, 2.75) is 51.6 Å². The molecule has 5 N–H and O–H groups in total. The van der Waals surface area contributed by atoms with Crippen LogP contribution in [0.2, 0.25) is 0 Å². The Kier molecular flexibility index (Phi) is 9.18. The van der Waals surface area contributed by atoms with Crippen molar-refractivity contribution in [1.82, 2.24) is 25.9 Å². The number of pyridine rings is 1. The Morgan fingerprint density at radius 1 is 1.20 bits per heavy atom.